The number of nitrogens with zero attached hydrogens (tertiary/aromatic N) is 3. The molecule has 2 aliphatic rings. The van der Waals surface area contributed by atoms with E-state index in [1.807, 2.05) is 12.1 Å². The third kappa shape index (κ3) is 6.64. The third-order valence-electron chi connectivity index (χ3n) is 8.14. The van der Waals surface area contributed by atoms with Gasteiger partial charge in [0, 0.05) is 50.7 Å². The Morgan fingerprint density at radius 3 is 2.28 bits per heavy atom. The van der Waals surface area contributed by atoms with E-state index >= 15 is 0 Å². The van der Waals surface area contributed by atoms with Crippen LogP contribution in [0.5, 0.6) is 0 Å². The third-order valence-corrected chi connectivity index (χ3v) is 8.88. The molecule has 2 fully saturated rings. The lowest BCUT2D eigenvalue weighted by Crippen LogP contribution is -2.52. The number of amides is 1. The highest BCUT2D eigenvalue weighted by atomic mass is 35.5. The molecule has 4 rings (SSSR count). The highest BCUT2D eigenvalue weighted by Crippen LogP contribution is 2.40. The van der Waals surface area contributed by atoms with Crippen LogP contribution in [0.1, 0.15) is 55.4 Å². The minimum absolute atomic E-state index is 0.111. The Balaban J connectivity index is 1.51. The molecule has 6 heteroatoms. The van der Waals surface area contributed by atoms with Crippen LogP contribution >= 0.6 is 23.2 Å². The lowest BCUT2D eigenvalue weighted by atomic mass is 9.71. The molecule has 2 heterocycles. The van der Waals surface area contributed by atoms with Gasteiger partial charge in [-0.1, -0.05) is 58.6 Å². The predicted molar refractivity (Wildman–Crippen MR) is 151 cm³/mol. The lowest BCUT2D eigenvalue weighted by Gasteiger charge is -2.45. The van der Waals surface area contributed by atoms with E-state index in [4.69, 9.17) is 23.2 Å². The summed E-state index contributed by atoms with van der Waals surface area (Å²) in [5.74, 6) is 0.217. The Hall–Kier alpha value is -1.59. The van der Waals surface area contributed by atoms with Crippen molar-refractivity contribution in [1.82, 2.24) is 14.7 Å². The fourth-order valence-corrected chi connectivity index (χ4v) is 6.39. The van der Waals surface area contributed by atoms with Gasteiger partial charge in [-0.2, -0.15) is 0 Å². The van der Waals surface area contributed by atoms with Crippen LogP contribution in [0.15, 0.2) is 36.4 Å². The van der Waals surface area contributed by atoms with Gasteiger partial charge in [-0.25, -0.2) is 0 Å². The van der Waals surface area contributed by atoms with Gasteiger partial charge in [0.25, 0.3) is 0 Å². The van der Waals surface area contributed by atoms with Crippen LogP contribution in [0.2, 0.25) is 10.0 Å². The number of halogens is 2. The molecule has 0 aliphatic carbocycles. The van der Waals surface area contributed by atoms with Gasteiger partial charge in [-0.15, -0.1) is 0 Å². The zero-order chi connectivity index (χ0) is 25.9. The first kappa shape index (κ1) is 27.4. The number of piperazine rings is 1. The smallest absolute Gasteiger partial charge is 0.227 e. The quantitative estimate of drug-likeness (QED) is 0.431. The van der Waals surface area contributed by atoms with E-state index in [9.17, 15) is 4.79 Å². The van der Waals surface area contributed by atoms with Gasteiger partial charge < -0.3 is 9.80 Å². The van der Waals surface area contributed by atoms with E-state index in [1.165, 1.54) is 16.7 Å². The maximum absolute atomic E-state index is 13.5. The van der Waals surface area contributed by atoms with Gasteiger partial charge in [-0.3, -0.25) is 9.69 Å². The molecular formula is C30H41Cl2N3O. The molecule has 0 aromatic heterocycles. The van der Waals surface area contributed by atoms with Crippen molar-refractivity contribution in [2.45, 2.75) is 64.8 Å². The molecule has 0 bridgehead atoms. The van der Waals surface area contributed by atoms with Crippen LogP contribution < -0.4 is 0 Å². The van der Waals surface area contributed by atoms with E-state index in [0.29, 0.717) is 22.5 Å². The number of carbonyl (C=O) groups excluding carboxylic acids is 1. The number of benzene rings is 2. The van der Waals surface area contributed by atoms with Crippen LogP contribution in [0.4, 0.5) is 0 Å². The minimum atomic E-state index is -0.111. The molecule has 36 heavy (non-hydrogen) atoms. The Labute approximate surface area is 227 Å². The van der Waals surface area contributed by atoms with Crippen LogP contribution in [0, 0.1) is 13.8 Å². The average Bonchev–Trinajstić information content (AvgIpc) is 2.84. The molecule has 0 saturated carbocycles. The van der Waals surface area contributed by atoms with E-state index < -0.39 is 0 Å². The summed E-state index contributed by atoms with van der Waals surface area (Å²) in [5.41, 5.74) is 4.62. The topological polar surface area (TPSA) is 26.8 Å². The van der Waals surface area contributed by atoms with Crippen molar-refractivity contribution in [3.05, 3.63) is 68.7 Å². The Morgan fingerprint density at radius 2 is 1.64 bits per heavy atom. The van der Waals surface area contributed by atoms with E-state index in [-0.39, 0.29) is 11.3 Å². The number of hydrogen-bond acceptors (Lipinski definition) is 3. The molecule has 1 unspecified atom stereocenters. The van der Waals surface area contributed by atoms with Crippen molar-refractivity contribution in [1.29, 1.82) is 0 Å². The largest absolute Gasteiger partial charge is 0.342 e. The molecule has 2 aromatic carbocycles. The van der Waals surface area contributed by atoms with Crippen molar-refractivity contribution >= 4 is 29.1 Å². The van der Waals surface area contributed by atoms with Crippen molar-refractivity contribution in [3.63, 3.8) is 0 Å². The Bertz CT molecular complexity index is 1040. The zero-order valence-electron chi connectivity index (χ0n) is 22.3. The van der Waals surface area contributed by atoms with Gasteiger partial charge in [0.05, 0.1) is 16.5 Å². The molecule has 1 amide bonds. The number of carbonyl (C=O) groups is 1. The summed E-state index contributed by atoms with van der Waals surface area (Å²) in [6, 6.07) is 13.1. The van der Waals surface area contributed by atoms with Crippen LogP contribution in [-0.4, -0.2) is 72.5 Å². The molecule has 2 aliphatic heterocycles. The Morgan fingerprint density at radius 1 is 0.944 bits per heavy atom. The molecule has 4 nitrogen and oxygen atoms in total. The van der Waals surface area contributed by atoms with E-state index in [1.54, 1.807) is 0 Å². The molecular weight excluding hydrogens is 489 g/mol. The summed E-state index contributed by atoms with van der Waals surface area (Å²) in [6.07, 6.45) is 3.53. The van der Waals surface area contributed by atoms with Gasteiger partial charge >= 0.3 is 0 Å². The number of piperidine rings is 1. The van der Waals surface area contributed by atoms with Crippen molar-refractivity contribution in [2.24, 2.45) is 0 Å². The molecule has 2 saturated heterocycles. The zero-order valence-corrected chi connectivity index (χ0v) is 23.8. The first-order chi connectivity index (χ1) is 17.1. The van der Waals surface area contributed by atoms with Crippen LogP contribution in [0.25, 0.3) is 0 Å². The Kier molecular flexibility index (Phi) is 9.04. The number of rotatable bonds is 7. The second kappa shape index (κ2) is 11.9. The van der Waals surface area contributed by atoms with Crippen molar-refractivity contribution in [2.75, 3.05) is 45.8 Å². The highest BCUT2D eigenvalue weighted by Gasteiger charge is 2.39. The number of aryl methyl sites for hydroxylation is 2. The van der Waals surface area contributed by atoms with E-state index in [0.717, 1.165) is 70.6 Å². The van der Waals surface area contributed by atoms with Gasteiger partial charge in [0.15, 0.2) is 0 Å². The van der Waals surface area contributed by atoms with Gasteiger partial charge in [0.1, 0.15) is 0 Å². The van der Waals surface area contributed by atoms with Crippen molar-refractivity contribution < 1.29 is 4.79 Å². The molecule has 2 aromatic rings. The molecule has 0 spiro atoms. The lowest BCUT2D eigenvalue weighted by molar-refractivity contribution is -0.132. The average molecular weight is 531 g/mol. The molecule has 1 atom stereocenters. The monoisotopic (exact) mass is 529 g/mol. The summed E-state index contributed by atoms with van der Waals surface area (Å²) in [5, 5.41) is 1.18. The maximum Gasteiger partial charge on any atom is 0.227 e. The standard InChI is InChI=1S/C30H41Cl2N3O/c1-22(2)34-14-12-33(13-15-34)11-9-30(26-6-7-27(31)28(32)20-26)8-5-10-35(21-30)29(36)19-25-17-23(3)16-24(4)18-25/h6-7,16-18,20,22H,5,8-15,19,21H2,1-4H3. The summed E-state index contributed by atoms with van der Waals surface area (Å²) >= 11 is 12.8. The fraction of sp³-hybridized carbons (Fsp3) is 0.567. The van der Waals surface area contributed by atoms with Gasteiger partial charge in [0.2, 0.25) is 5.91 Å². The second-order valence-electron chi connectivity index (χ2n) is 11.2. The van der Waals surface area contributed by atoms with Crippen molar-refractivity contribution in [3.8, 4) is 0 Å². The summed E-state index contributed by atoms with van der Waals surface area (Å²) in [6.45, 7) is 15.8. The fourth-order valence-electron chi connectivity index (χ4n) is 6.09. The van der Waals surface area contributed by atoms with Gasteiger partial charge in [-0.05, 0) is 76.8 Å². The predicted octanol–water partition coefficient (Wildman–Crippen LogP) is 6.13. The minimum Gasteiger partial charge on any atom is -0.342 e. The summed E-state index contributed by atoms with van der Waals surface area (Å²) in [7, 11) is 0. The summed E-state index contributed by atoms with van der Waals surface area (Å²) < 4.78 is 0. The summed E-state index contributed by atoms with van der Waals surface area (Å²) in [4.78, 5) is 20.7. The van der Waals surface area contributed by atoms with Crippen LogP contribution in [0.3, 0.4) is 0 Å². The number of hydrogen-bond donors (Lipinski definition) is 0. The second-order valence-corrected chi connectivity index (χ2v) is 12.0. The SMILES string of the molecule is Cc1cc(C)cc(CC(=O)N2CCCC(CCN3CCN(C(C)C)CC3)(c3ccc(Cl)c(Cl)c3)C2)c1. The first-order valence-electron chi connectivity index (χ1n) is 13.4. The van der Waals surface area contributed by atoms with Crippen LogP contribution in [-0.2, 0) is 16.6 Å². The normalized spacial score (nSPS) is 21.8. The number of likely N-dealkylation sites (tertiary alicyclic amines) is 1. The van der Waals surface area contributed by atoms with E-state index in [2.05, 4.69) is 66.7 Å². The molecule has 0 N–H and O–H groups in total. The molecule has 196 valence electrons. The highest BCUT2D eigenvalue weighted by molar-refractivity contribution is 6.42. The first-order valence-corrected chi connectivity index (χ1v) is 14.2. The maximum atomic E-state index is 13.5. The molecule has 0 radical (unpaired) electrons.